The number of nitrogens with two attached hydrogens (primary N) is 1. The second kappa shape index (κ2) is 6.35. The van der Waals surface area contributed by atoms with Gasteiger partial charge in [0.05, 0.1) is 19.8 Å². The SMILES string of the molecule is CCN(CCOC)CC1COCC1N. The van der Waals surface area contributed by atoms with Crippen LogP contribution in [-0.2, 0) is 9.47 Å². The van der Waals surface area contributed by atoms with E-state index in [1.165, 1.54) is 0 Å². The molecular weight excluding hydrogens is 180 g/mol. The molecule has 0 bridgehead atoms. The number of nitrogens with zero attached hydrogens (tertiary/aromatic N) is 1. The molecule has 1 heterocycles. The normalized spacial score (nSPS) is 27.4. The monoisotopic (exact) mass is 202 g/mol. The molecule has 2 atom stereocenters. The molecule has 1 fully saturated rings. The molecule has 4 nitrogen and oxygen atoms in total. The third-order valence-corrected chi connectivity index (χ3v) is 2.80. The first-order chi connectivity index (χ1) is 6.77. The van der Waals surface area contributed by atoms with Crippen LogP contribution in [-0.4, -0.2) is 57.5 Å². The molecule has 1 aliphatic heterocycles. The topological polar surface area (TPSA) is 47.7 Å². The summed E-state index contributed by atoms with van der Waals surface area (Å²) < 4.78 is 10.4. The quantitative estimate of drug-likeness (QED) is 0.655. The maximum atomic E-state index is 5.93. The van der Waals surface area contributed by atoms with Gasteiger partial charge in [0.2, 0.25) is 0 Å². The Bertz CT molecular complexity index is 155. The summed E-state index contributed by atoms with van der Waals surface area (Å²) in [6.07, 6.45) is 0. The van der Waals surface area contributed by atoms with Crippen molar-refractivity contribution in [2.75, 3.05) is 46.6 Å². The zero-order valence-corrected chi connectivity index (χ0v) is 9.24. The fourth-order valence-electron chi connectivity index (χ4n) is 1.73. The van der Waals surface area contributed by atoms with Crippen molar-refractivity contribution >= 4 is 0 Å². The van der Waals surface area contributed by atoms with E-state index >= 15 is 0 Å². The van der Waals surface area contributed by atoms with Crippen LogP contribution in [0.4, 0.5) is 0 Å². The third-order valence-electron chi connectivity index (χ3n) is 2.80. The summed E-state index contributed by atoms with van der Waals surface area (Å²) in [5, 5.41) is 0. The van der Waals surface area contributed by atoms with Gasteiger partial charge in [0.1, 0.15) is 0 Å². The predicted molar refractivity (Wildman–Crippen MR) is 56.3 cm³/mol. The third kappa shape index (κ3) is 3.53. The molecule has 0 saturated carbocycles. The number of methoxy groups -OCH3 is 1. The van der Waals surface area contributed by atoms with Crippen LogP contribution in [0.15, 0.2) is 0 Å². The number of ether oxygens (including phenoxy) is 2. The second-order valence-corrected chi connectivity index (χ2v) is 3.85. The van der Waals surface area contributed by atoms with E-state index in [0.29, 0.717) is 12.5 Å². The van der Waals surface area contributed by atoms with Crippen molar-refractivity contribution in [1.29, 1.82) is 0 Å². The van der Waals surface area contributed by atoms with Gasteiger partial charge in [-0.05, 0) is 6.54 Å². The first-order valence-corrected chi connectivity index (χ1v) is 5.32. The lowest BCUT2D eigenvalue weighted by molar-refractivity contribution is 0.131. The molecule has 0 aromatic rings. The molecule has 0 aliphatic carbocycles. The highest BCUT2D eigenvalue weighted by atomic mass is 16.5. The van der Waals surface area contributed by atoms with Crippen molar-refractivity contribution in [2.45, 2.75) is 13.0 Å². The molecule has 1 rings (SSSR count). The Balaban J connectivity index is 2.24. The average Bonchev–Trinajstić information content (AvgIpc) is 2.59. The minimum Gasteiger partial charge on any atom is -0.383 e. The molecule has 0 aromatic heterocycles. The molecule has 1 aliphatic rings. The zero-order valence-electron chi connectivity index (χ0n) is 9.24. The van der Waals surface area contributed by atoms with Crippen LogP contribution in [0, 0.1) is 5.92 Å². The van der Waals surface area contributed by atoms with Gasteiger partial charge in [0.15, 0.2) is 0 Å². The van der Waals surface area contributed by atoms with Crippen molar-refractivity contribution in [3.8, 4) is 0 Å². The summed E-state index contributed by atoms with van der Waals surface area (Å²) in [5.74, 6) is 0.492. The molecule has 84 valence electrons. The van der Waals surface area contributed by atoms with Gasteiger partial charge in [-0.3, -0.25) is 0 Å². The van der Waals surface area contributed by atoms with E-state index in [1.807, 2.05) is 0 Å². The summed E-state index contributed by atoms with van der Waals surface area (Å²) in [7, 11) is 1.73. The Kier molecular flexibility index (Phi) is 5.40. The van der Waals surface area contributed by atoms with Crippen LogP contribution in [0.5, 0.6) is 0 Å². The second-order valence-electron chi connectivity index (χ2n) is 3.85. The van der Waals surface area contributed by atoms with Crippen LogP contribution in [0.2, 0.25) is 0 Å². The van der Waals surface area contributed by atoms with Crippen molar-refractivity contribution in [2.24, 2.45) is 11.7 Å². The average molecular weight is 202 g/mol. The summed E-state index contributed by atoms with van der Waals surface area (Å²) in [6, 6.07) is 0.214. The summed E-state index contributed by atoms with van der Waals surface area (Å²) in [5.41, 5.74) is 5.93. The van der Waals surface area contributed by atoms with Gasteiger partial charge in [-0.25, -0.2) is 0 Å². The molecule has 0 amide bonds. The lowest BCUT2D eigenvalue weighted by Crippen LogP contribution is -2.39. The van der Waals surface area contributed by atoms with Gasteiger partial charge in [-0.1, -0.05) is 6.92 Å². The summed E-state index contributed by atoms with van der Waals surface area (Å²) in [6.45, 7) is 7.54. The highest BCUT2D eigenvalue weighted by Crippen LogP contribution is 2.12. The van der Waals surface area contributed by atoms with Crippen LogP contribution >= 0.6 is 0 Å². The van der Waals surface area contributed by atoms with Crippen LogP contribution < -0.4 is 5.73 Å². The molecule has 2 unspecified atom stereocenters. The number of likely N-dealkylation sites (N-methyl/N-ethyl adjacent to an activating group) is 1. The largest absolute Gasteiger partial charge is 0.383 e. The zero-order chi connectivity index (χ0) is 10.4. The highest BCUT2D eigenvalue weighted by Gasteiger charge is 2.26. The lowest BCUT2D eigenvalue weighted by Gasteiger charge is -2.24. The van der Waals surface area contributed by atoms with Crippen molar-refractivity contribution in [1.82, 2.24) is 4.90 Å². The van der Waals surface area contributed by atoms with E-state index in [9.17, 15) is 0 Å². The summed E-state index contributed by atoms with van der Waals surface area (Å²) >= 11 is 0. The minimum absolute atomic E-state index is 0.214. The van der Waals surface area contributed by atoms with E-state index in [2.05, 4.69) is 11.8 Å². The van der Waals surface area contributed by atoms with Gasteiger partial charge < -0.3 is 20.1 Å². The van der Waals surface area contributed by atoms with E-state index < -0.39 is 0 Å². The van der Waals surface area contributed by atoms with Gasteiger partial charge in [-0.2, -0.15) is 0 Å². The van der Waals surface area contributed by atoms with Gasteiger partial charge in [-0.15, -0.1) is 0 Å². The van der Waals surface area contributed by atoms with E-state index in [4.69, 9.17) is 15.2 Å². The lowest BCUT2D eigenvalue weighted by atomic mass is 10.0. The maximum absolute atomic E-state index is 5.93. The van der Waals surface area contributed by atoms with Crippen molar-refractivity contribution in [3.63, 3.8) is 0 Å². The Morgan fingerprint density at radius 1 is 1.50 bits per heavy atom. The van der Waals surface area contributed by atoms with E-state index in [0.717, 1.165) is 32.8 Å². The number of hydrogen-bond donors (Lipinski definition) is 1. The standard InChI is InChI=1S/C10H22N2O2/c1-3-12(4-5-13-2)6-9-7-14-8-10(9)11/h9-10H,3-8,11H2,1-2H3. The number of hydrogen-bond acceptors (Lipinski definition) is 4. The molecule has 4 heteroatoms. The first-order valence-electron chi connectivity index (χ1n) is 5.32. The Morgan fingerprint density at radius 2 is 2.29 bits per heavy atom. The predicted octanol–water partition coefficient (Wildman–Crippen LogP) is -0.0716. The molecule has 0 aromatic carbocycles. The van der Waals surface area contributed by atoms with Gasteiger partial charge in [0, 0.05) is 32.2 Å². The summed E-state index contributed by atoms with van der Waals surface area (Å²) in [4.78, 5) is 2.36. The maximum Gasteiger partial charge on any atom is 0.0621 e. The van der Waals surface area contributed by atoms with Crippen LogP contribution in [0.1, 0.15) is 6.92 Å². The Hall–Kier alpha value is -0.160. The smallest absolute Gasteiger partial charge is 0.0621 e. The van der Waals surface area contributed by atoms with Crippen molar-refractivity contribution < 1.29 is 9.47 Å². The fraction of sp³-hybridized carbons (Fsp3) is 1.00. The molecule has 0 radical (unpaired) electrons. The molecular formula is C10H22N2O2. The van der Waals surface area contributed by atoms with Crippen molar-refractivity contribution in [3.05, 3.63) is 0 Å². The van der Waals surface area contributed by atoms with E-state index in [-0.39, 0.29) is 6.04 Å². The van der Waals surface area contributed by atoms with Gasteiger partial charge in [0.25, 0.3) is 0 Å². The Labute approximate surface area is 86.3 Å². The minimum atomic E-state index is 0.214. The Morgan fingerprint density at radius 3 is 2.79 bits per heavy atom. The molecule has 14 heavy (non-hydrogen) atoms. The first kappa shape index (κ1) is 11.9. The van der Waals surface area contributed by atoms with Crippen LogP contribution in [0.3, 0.4) is 0 Å². The molecule has 1 saturated heterocycles. The number of rotatable bonds is 6. The van der Waals surface area contributed by atoms with Gasteiger partial charge >= 0.3 is 0 Å². The fourth-order valence-corrected chi connectivity index (χ4v) is 1.73. The highest BCUT2D eigenvalue weighted by molar-refractivity contribution is 4.80. The van der Waals surface area contributed by atoms with Crippen LogP contribution in [0.25, 0.3) is 0 Å². The molecule has 0 spiro atoms. The van der Waals surface area contributed by atoms with E-state index in [1.54, 1.807) is 7.11 Å². The molecule has 2 N–H and O–H groups in total.